The predicted octanol–water partition coefficient (Wildman–Crippen LogP) is 1.91. The Kier molecular flexibility index (Phi) is 6.52. The van der Waals surface area contributed by atoms with Crippen molar-refractivity contribution in [3.63, 3.8) is 0 Å². The van der Waals surface area contributed by atoms with Crippen molar-refractivity contribution in [3.8, 4) is 5.75 Å². The SMILES string of the molecule is CCNC(=NCc1ccc(OC)cc1)NCC1CCCC1O. The second kappa shape index (κ2) is 8.63. The molecular formula is C17H27N3O2. The predicted molar refractivity (Wildman–Crippen MR) is 89.2 cm³/mol. The molecule has 1 aromatic rings. The number of hydrogen-bond donors (Lipinski definition) is 3. The summed E-state index contributed by atoms with van der Waals surface area (Å²) in [6.45, 7) is 4.26. The van der Waals surface area contributed by atoms with E-state index in [2.05, 4.69) is 22.5 Å². The van der Waals surface area contributed by atoms with Gasteiger partial charge in [-0.05, 0) is 37.5 Å². The van der Waals surface area contributed by atoms with Crippen LogP contribution in [0, 0.1) is 5.92 Å². The molecule has 0 amide bonds. The van der Waals surface area contributed by atoms with E-state index in [1.807, 2.05) is 24.3 Å². The van der Waals surface area contributed by atoms with Crippen molar-refractivity contribution < 1.29 is 9.84 Å². The summed E-state index contributed by atoms with van der Waals surface area (Å²) < 4.78 is 5.15. The molecular weight excluding hydrogens is 278 g/mol. The average Bonchev–Trinajstić information content (AvgIpc) is 2.96. The van der Waals surface area contributed by atoms with Crippen molar-refractivity contribution in [1.82, 2.24) is 10.6 Å². The molecule has 0 spiro atoms. The Morgan fingerprint density at radius 3 is 2.64 bits per heavy atom. The zero-order valence-corrected chi connectivity index (χ0v) is 13.5. The van der Waals surface area contributed by atoms with Gasteiger partial charge in [0.05, 0.1) is 19.8 Å². The highest BCUT2D eigenvalue weighted by Crippen LogP contribution is 2.24. The number of aliphatic imine (C=N–C) groups is 1. The van der Waals surface area contributed by atoms with Gasteiger partial charge in [0.15, 0.2) is 5.96 Å². The van der Waals surface area contributed by atoms with E-state index in [9.17, 15) is 5.11 Å². The first-order valence-corrected chi connectivity index (χ1v) is 8.06. The Hall–Kier alpha value is -1.75. The fourth-order valence-electron chi connectivity index (χ4n) is 2.73. The van der Waals surface area contributed by atoms with Gasteiger partial charge in [0, 0.05) is 19.0 Å². The molecule has 5 nitrogen and oxygen atoms in total. The van der Waals surface area contributed by atoms with E-state index in [0.717, 1.165) is 49.6 Å². The molecule has 0 aliphatic heterocycles. The fraction of sp³-hybridized carbons (Fsp3) is 0.588. The molecule has 0 aromatic heterocycles. The summed E-state index contributed by atoms with van der Waals surface area (Å²) in [5.74, 6) is 2.00. The maximum absolute atomic E-state index is 9.88. The maximum Gasteiger partial charge on any atom is 0.191 e. The molecule has 22 heavy (non-hydrogen) atoms. The first-order valence-electron chi connectivity index (χ1n) is 8.06. The monoisotopic (exact) mass is 305 g/mol. The summed E-state index contributed by atoms with van der Waals surface area (Å²) >= 11 is 0. The quantitative estimate of drug-likeness (QED) is 0.555. The van der Waals surface area contributed by atoms with Crippen LogP contribution < -0.4 is 15.4 Å². The third kappa shape index (κ3) is 4.91. The molecule has 0 bridgehead atoms. The Balaban J connectivity index is 1.88. The van der Waals surface area contributed by atoms with Gasteiger partial charge in [0.1, 0.15) is 5.75 Å². The number of rotatable bonds is 6. The van der Waals surface area contributed by atoms with Gasteiger partial charge in [0.25, 0.3) is 0 Å². The topological polar surface area (TPSA) is 65.9 Å². The van der Waals surface area contributed by atoms with E-state index in [4.69, 9.17) is 4.74 Å². The number of ether oxygens (including phenoxy) is 1. The highest BCUT2D eigenvalue weighted by molar-refractivity contribution is 5.79. The van der Waals surface area contributed by atoms with Crippen LogP contribution in [-0.4, -0.2) is 37.4 Å². The van der Waals surface area contributed by atoms with Gasteiger partial charge in [-0.1, -0.05) is 18.6 Å². The van der Waals surface area contributed by atoms with E-state index in [0.29, 0.717) is 12.5 Å². The van der Waals surface area contributed by atoms with Gasteiger partial charge >= 0.3 is 0 Å². The van der Waals surface area contributed by atoms with Gasteiger partial charge in [-0.25, -0.2) is 4.99 Å². The lowest BCUT2D eigenvalue weighted by Crippen LogP contribution is -2.41. The number of benzene rings is 1. The lowest BCUT2D eigenvalue weighted by molar-refractivity contribution is 0.134. The third-order valence-electron chi connectivity index (χ3n) is 4.07. The lowest BCUT2D eigenvalue weighted by Gasteiger charge is -2.17. The number of methoxy groups -OCH3 is 1. The number of nitrogens with one attached hydrogen (secondary N) is 2. The summed E-state index contributed by atoms with van der Waals surface area (Å²) in [6, 6.07) is 7.93. The molecule has 5 heteroatoms. The first-order chi connectivity index (χ1) is 10.7. The summed E-state index contributed by atoms with van der Waals surface area (Å²) in [4.78, 5) is 4.60. The van der Waals surface area contributed by atoms with Crippen LogP contribution in [0.4, 0.5) is 0 Å². The summed E-state index contributed by atoms with van der Waals surface area (Å²) in [6.07, 6.45) is 2.96. The highest BCUT2D eigenvalue weighted by Gasteiger charge is 2.24. The van der Waals surface area contributed by atoms with Crippen molar-refractivity contribution in [1.29, 1.82) is 0 Å². The molecule has 122 valence electrons. The van der Waals surface area contributed by atoms with Crippen LogP contribution in [0.5, 0.6) is 5.75 Å². The summed E-state index contributed by atoms with van der Waals surface area (Å²) in [5, 5.41) is 16.5. The van der Waals surface area contributed by atoms with Crippen molar-refractivity contribution in [2.24, 2.45) is 10.9 Å². The van der Waals surface area contributed by atoms with Gasteiger partial charge in [0.2, 0.25) is 0 Å². The molecule has 2 unspecified atom stereocenters. The average molecular weight is 305 g/mol. The third-order valence-corrected chi connectivity index (χ3v) is 4.07. The Labute approximate surface area is 132 Å². The van der Waals surface area contributed by atoms with Crippen LogP contribution in [0.15, 0.2) is 29.3 Å². The van der Waals surface area contributed by atoms with Crippen molar-refractivity contribution in [3.05, 3.63) is 29.8 Å². The number of nitrogens with zero attached hydrogens (tertiary/aromatic N) is 1. The molecule has 1 aromatic carbocycles. The van der Waals surface area contributed by atoms with E-state index in [-0.39, 0.29) is 6.10 Å². The minimum atomic E-state index is -0.169. The zero-order valence-electron chi connectivity index (χ0n) is 13.5. The van der Waals surface area contributed by atoms with E-state index in [1.54, 1.807) is 7.11 Å². The number of hydrogen-bond acceptors (Lipinski definition) is 3. The molecule has 0 saturated heterocycles. The van der Waals surface area contributed by atoms with Crippen LogP contribution in [0.25, 0.3) is 0 Å². The maximum atomic E-state index is 9.88. The first kappa shape index (κ1) is 16.6. The van der Waals surface area contributed by atoms with Crippen molar-refractivity contribution in [2.45, 2.75) is 38.8 Å². The number of aliphatic hydroxyl groups excluding tert-OH is 1. The van der Waals surface area contributed by atoms with Crippen LogP contribution in [-0.2, 0) is 6.54 Å². The molecule has 1 aliphatic carbocycles. The van der Waals surface area contributed by atoms with E-state index in [1.165, 1.54) is 0 Å². The lowest BCUT2D eigenvalue weighted by atomic mass is 10.1. The molecule has 2 rings (SSSR count). The summed E-state index contributed by atoms with van der Waals surface area (Å²) in [7, 11) is 1.66. The van der Waals surface area contributed by atoms with Crippen molar-refractivity contribution in [2.75, 3.05) is 20.2 Å². The van der Waals surface area contributed by atoms with Crippen LogP contribution in [0.2, 0.25) is 0 Å². The number of aliphatic hydroxyl groups is 1. The van der Waals surface area contributed by atoms with Crippen LogP contribution in [0.3, 0.4) is 0 Å². The summed E-state index contributed by atoms with van der Waals surface area (Å²) in [5.41, 5.74) is 1.14. The fourth-order valence-corrected chi connectivity index (χ4v) is 2.73. The largest absolute Gasteiger partial charge is 0.497 e. The molecule has 2 atom stereocenters. The minimum absolute atomic E-state index is 0.169. The van der Waals surface area contributed by atoms with E-state index >= 15 is 0 Å². The smallest absolute Gasteiger partial charge is 0.191 e. The van der Waals surface area contributed by atoms with Gasteiger partial charge in [-0.3, -0.25) is 0 Å². The molecule has 3 N–H and O–H groups in total. The van der Waals surface area contributed by atoms with Gasteiger partial charge < -0.3 is 20.5 Å². The second-order valence-electron chi connectivity index (χ2n) is 5.68. The Morgan fingerprint density at radius 2 is 2.05 bits per heavy atom. The standard InChI is InChI=1S/C17H27N3O2/c1-3-18-17(20-12-14-5-4-6-16(14)21)19-11-13-7-9-15(22-2)10-8-13/h7-10,14,16,21H,3-6,11-12H2,1-2H3,(H2,18,19,20). The zero-order chi connectivity index (χ0) is 15.8. The minimum Gasteiger partial charge on any atom is -0.497 e. The molecule has 1 saturated carbocycles. The Bertz CT molecular complexity index is 473. The van der Waals surface area contributed by atoms with Crippen molar-refractivity contribution >= 4 is 5.96 Å². The highest BCUT2D eigenvalue weighted by atomic mass is 16.5. The normalized spacial score (nSPS) is 21.7. The molecule has 1 fully saturated rings. The van der Waals surface area contributed by atoms with E-state index < -0.39 is 0 Å². The molecule has 0 radical (unpaired) electrons. The van der Waals surface area contributed by atoms with Crippen LogP contribution >= 0.6 is 0 Å². The van der Waals surface area contributed by atoms with Crippen LogP contribution in [0.1, 0.15) is 31.7 Å². The van der Waals surface area contributed by atoms with Gasteiger partial charge in [-0.15, -0.1) is 0 Å². The molecule has 0 heterocycles. The van der Waals surface area contributed by atoms with Gasteiger partial charge in [-0.2, -0.15) is 0 Å². The Morgan fingerprint density at radius 1 is 1.27 bits per heavy atom. The second-order valence-corrected chi connectivity index (χ2v) is 5.68. The number of guanidine groups is 1. The molecule has 1 aliphatic rings.